The molecular weight excluding hydrogens is 425 g/mol. The van der Waals surface area contributed by atoms with Gasteiger partial charge in [0.2, 0.25) is 11.8 Å². The molecule has 1 unspecified atom stereocenters. The van der Waals surface area contributed by atoms with Crippen molar-refractivity contribution in [1.82, 2.24) is 0 Å². The monoisotopic (exact) mass is 445 g/mol. The van der Waals surface area contributed by atoms with Crippen LogP contribution in [0.15, 0.2) is 46.9 Å². The Hall–Kier alpha value is -2.41. The minimum Gasteiger partial charge on any atom is -0.372 e. The zero-order chi connectivity index (χ0) is 19.7. The lowest BCUT2D eigenvalue weighted by molar-refractivity contribution is -0.122. The number of benzene rings is 2. The number of hydrogen-bond acceptors (Lipinski definition) is 3. The molecule has 146 valence electrons. The first-order chi connectivity index (χ1) is 13.5. The van der Waals surface area contributed by atoms with E-state index in [4.69, 9.17) is 0 Å². The van der Waals surface area contributed by atoms with Gasteiger partial charge in [-0.2, -0.15) is 0 Å². The van der Waals surface area contributed by atoms with Gasteiger partial charge in [0.1, 0.15) is 5.82 Å². The van der Waals surface area contributed by atoms with E-state index in [9.17, 15) is 14.0 Å². The highest BCUT2D eigenvalue weighted by molar-refractivity contribution is 9.10. The third kappa shape index (κ3) is 3.90. The zero-order valence-electron chi connectivity index (χ0n) is 15.3. The molecule has 0 saturated carbocycles. The van der Waals surface area contributed by atoms with Gasteiger partial charge in [-0.3, -0.25) is 9.59 Å². The second kappa shape index (κ2) is 7.91. The average Bonchev–Trinajstić information content (AvgIpc) is 3.34. The summed E-state index contributed by atoms with van der Waals surface area (Å²) in [7, 11) is 0. The van der Waals surface area contributed by atoms with E-state index in [1.54, 1.807) is 11.0 Å². The Bertz CT molecular complexity index is 897. The van der Waals surface area contributed by atoms with E-state index in [1.165, 1.54) is 25.0 Å². The van der Waals surface area contributed by atoms with E-state index in [2.05, 4.69) is 26.1 Å². The van der Waals surface area contributed by atoms with Crippen molar-refractivity contribution >= 4 is 44.8 Å². The summed E-state index contributed by atoms with van der Waals surface area (Å²) in [6, 6.07) is 12.4. The predicted octanol–water partition coefficient (Wildman–Crippen LogP) is 4.18. The number of rotatable bonds is 4. The molecule has 4 rings (SSSR count). The van der Waals surface area contributed by atoms with E-state index in [0.717, 1.165) is 24.5 Å². The van der Waals surface area contributed by atoms with Crippen LogP contribution in [0.1, 0.15) is 19.3 Å². The maximum Gasteiger partial charge on any atom is 0.229 e. The van der Waals surface area contributed by atoms with Crippen LogP contribution in [0, 0.1) is 11.7 Å². The van der Waals surface area contributed by atoms with Crippen molar-refractivity contribution in [2.75, 3.05) is 34.8 Å². The maximum atomic E-state index is 14.0. The van der Waals surface area contributed by atoms with Gasteiger partial charge in [0.05, 0.1) is 11.6 Å². The Morgan fingerprint density at radius 1 is 1.07 bits per heavy atom. The summed E-state index contributed by atoms with van der Waals surface area (Å²) >= 11 is 3.19. The Labute approximate surface area is 171 Å². The molecule has 2 heterocycles. The van der Waals surface area contributed by atoms with Crippen molar-refractivity contribution < 1.29 is 14.0 Å². The molecule has 0 bridgehead atoms. The zero-order valence-corrected chi connectivity index (χ0v) is 16.9. The van der Waals surface area contributed by atoms with Crippen LogP contribution in [-0.2, 0) is 9.59 Å². The molecule has 1 N–H and O–H groups in total. The molecule has 7 heteroatoms. The van der Waals surface area contributed by atoms with Crippen molar-refractivity contribution in [2.24, 2.45) is 5.92 Å². The van der Waals surface area contributed by atoms with Crippen molar-refractivity contribution in [3.8, 4) is 0 Å². The summed E-state index contributed by atoms with van der Waals surface area (Å²) in [5.41, 5.74) is 2.07. The van der Waals surface area contributed by atoms with Gasteiger partial charge >= 0.3 is 0 Å². The van der Waals surface area contributed by atoms with E-state index in [0.29, 0.717) is 11.0 Å². The fourth-order valence-corrected chi connectivity index (χ4v) is 4.11. The van der Waals surface area contributed by atoms with Crippen LogP contribution in [0.25, 0.3) is 0 Å². The van der Waals surface area contributed by atoms with Crippen molar-refractivity contribution in [3.63, 3.8) is 0 Å². The van der Waals surface area contributed by atoms with Crippen LogP contribution in [0.4, 0.5) is 21.5 Å². The van der Waals surface area contributed by atoms with Crippen LogP contribution in [-0.4, -0.2) is 31.4 Å². The fourth-order valence-electron chi connectivity index (χ4n) is 3.78. The number of anilines is 3. The van der Waals surface area contributed by atoms with E-state index < -0.39 is 11.7 Å². The molecule has 2 aromatic rings. The lowest BCUT2D eigenvalue weighted by Gasteiger charge is -2.20. The number of nitrogens with one attached hydrogen (secondary N) is 1. The third-order valence-electron chi connectivity index (χ3n) is 5.32. The number of amides is 2. The summed E-state index contributed by atoms with van der Waals surface area (Å²) in [5, 5.41) is 2.60. The first-order valence-electron chi connectivity index (χ1n) is 9.42. The Morgan fingerprint density at radius 2 is 1.75 bits per heavy atom. The van der Waals surface area contributed by atoms with E-state index >= 15 is 0 Å². The SMILES string of the molecule is O=C(Nc1ccc(Br)cc1F)C1CC(=O)N(c2ccc(N3CCCC3)cc2)C1. The molecule has 2 saturated heterocycles. The van der Waals surface area contributed by atoms with Crippen molar-refractivity contribution in [3.05, 3.63) is 52.8 Å². The highest BCUT2D eigenvalue weighted by Gasteiger charge is 2.35. The van der Waals surface area contributed by atoms with E-state index in [-0.39, 0.29) is 23.9 Å². The van der Waals surface area contributed by atoms with Crippen LogP contribution in [0.5, 0.6) is 0 Å². The molecule has 1 atom stereocenters. The van der Waals surface area contributed by atoms with Gasteiger partial charge in [0, 0.05) is 41.9 Å². The van der Waals surface area contributed by atoms with E-state index in [1.807, 2.05) is 24.3 Å². The van der Waals surface area contributed by atoms with Gasteiger partial charge in [-0.15, -0.1) is 0 Å². The molecule has 0 aliphatic carbocycles. The maximum absolute atomic E-state index is 14.0. The number of carbonyl (C=O) groups excluding carboxylic acids is 2. The van der Waals surface area contributed by atoms with Crippen LogP contribution in [0.2, 0.25) is 0 Å². The molecule has 0 aromatic heterocycles. The second-order valence-electron chi connectivity index (χ2n) is 7.23. The van der Waals surface area contributed by atoms with Crippen molar-refractivity contribution in [2.45, 2.75) is 19.3 Å². The molecule has 2 aromatic carbocycles. The Morgan fingerprint density at radius 3 is 2.43 bits per heavy atom. The number of hydrogen-bond donors (Lipinski definition) is 1. The lowest BCUT2D eigenvalue weighted by Crippen LogP contribution is -2.28. The van der Waals surface area contributed by atoms with Gasteiger partial charge in [-0.25, -0.2) is 4.39 Å². The smallest absolute Gasteiger partial charge is 0.229 e. The van der Waals surface area contributed by atoms with Crippen LogP contribution in [0.3, 0.4) is 0 Å². The molecular formula is C21H21BrFN3O2. The van der Waals surface area contributed by atoms with Crippen LogP contribution < -0.4 is 15.1 Å². The molecule has 0 spiro atoms. The Kier molecular flexibility index (Phi) is 5.35. The summed E-state index contributed by atoms with van der Waals surface area (Å²) in [6.45, 7) is 2.43. The molecule has 5 nitrogen and oxygen atoms in total. The quantitative estimate of drug-likeness (QED) is 0.767. The number of nitrogens with zero attached hydrogens (tertiary/aromatic N) is 2. The van der Waals surface area contributed by atoms with Crippen molar-refractivity contribution in [1.29, 1.82) is 0 Å². The fraction of sp³-hybridized carbons (Fsp3) is 0.333. The Balaban J connectivity index is 1.42. The first-order valence-corrected chi connectivity index (χ1v) is 10.2. The lowest BCUT2D eigenvalue weighted by atomic mass is 10.1. The summed E-state index contributed by atoms with van der Waals surface area (Å²) in [4.78, 5) is 28.9. The van der Waals surface area contributed by atoms with Gasteiger partial charge in [0.15, 0.2) is 0 Å². The highest BCUT2D eigenvalue weighted by atomic mass is 79.9. The average molecular weight is 446 g/mol. The normalized spacial score (nSPS) is 19.4. The molecule has 2 aliphatic rings. The molecule has 28 heavy (non-hydrogen) atoms. The largest absolute Gasteiger partial charge is 0.372 e. The second-order valence-corrected chi connectivity index (χ2v) is 8.15. The standard InChI is InChI=1S/C21H21BrFN3O2/c22-15-3-8-19(18(23)12-15)24-21(28)14-11-20(27)26(13-14)17-6-4-16(5-7-17)25-9-1-2-10-25/h3-8,12,14H,1-2,9-11,13H2,(H,24,28). The molecule has 2 fully saturated rings. The summed E-state index contributed by atoms with van der Waals surface area (Å²) < 4.78 is 14.6. The topological polar surface area (TPSA) is 52.7 Å². The van der Waals surface area contributed by atoms with Gasteiger partial charge in [-0.05, 0) is 55.3 Å². The highest BCUT2D eigenvalue weighted by Crippen LogP contribution is 2.29. The minimum atomic E-state index is -0.513. The summed E-state index contributed by atoms with van der Waals surface area (Å²) in [6.07, 6.45) is 2.54. The third-order valence-corrected chi connectivity index (χ3v) is 5.81. The molecule has 0 radical (unpaired) electrons. The molecule has 2 amide bonds. The number of carbonyl (C=O) groups is 2. The van der Waals surface area contributed by atoms with Crippen LogP contribution >= 0.6 is 15.9 Å². The van der Waals surface area contributed by atoms with Gasteiger partial charge < -0.3 is 15.1 Å². The minimum absolute atomic E-state index is 0.0923. The number of halogens is 2. The first kappa shape index (κ1) is 18.9. The summed E-state index contributed by atoms with van der Waals surface area (Å²) in [5.74, 6) is -1.45. The van der Waals surface area contributed by atoms with Gasteiger partial charge in [0.25, 0.3) is 0 Å². The molecule has 2 aliphatic heterocycles. The van der Waals surface area contributed by atoms with Gasteiger partial charge in [-0.1, -0.05) is 15.9 Å². The predicted molar refractivity (Wildman–Crippen MR) is 111 cm³/mol.